The molecule has 0 bridgehead atoms. The third-order valence-corrected chi connectivity index (χ3v) is 3.65. The first-order valence-corrected chi connectivity index (χ1v) is 7.62. The van der Waals surface area contributed by atoms with Gasteiger partial charge in [-0.3, -0.25) is 5.32 Å². The van der Waals surface area contributed by atoms with E-state index in [4.69, 9.17) is 4.74 Å². The van der Waals surface area contributed by atoms with Crippen LogP contribution < -0.4 is 10.8 Å². The third kappa shape index (κ3) is 4.67. The van der Waals surface area contributed by atoms with E-state index in [0.29, 0.717) is 0 Å². The van der Waals surface area contributed by atoms with Crippen molar-refractivity contribution in [3.8, 4) is 0 Å². The Morgan fingerprint density at radius 2 is 1.52 bits per heavy atom. The van der Waals surface area contributed by atoms with E-state index in [1.807, 2.05) is 0 Å². The smallest absolute Gasteiger partial charge is 0.465 e. The fourth-order valence-electron chi connectivity index (χ4n) is 2.73. The lowest BCUT2D eigenvalue weighted by Gasteiger charge is -2.28. The maximum Gasteiger partial charge on any atom is 0.510 e. The van der Waals surface area contributed by atoms with Crippen LogP contribution in [-0.4, -0.2) is 31.8 Å². The molecule has 140 valence electrons. The number of benzene rings is 1. The predicted octanol–water partition coefficient (Wildman–Crippen LogP) is 3.80. The van der Waals surface area contributed by atoms with E-state index in [1.54, 1.807) is 20.8 Å². The molecule has 1 rings (SSSR count). The Morgan fingerprint density at radius 1 is 1.00 bits per heavy atom. The van der Waals surface area contributed by atoms with Crippen molar-refractivity contribution in [3.63, 3.8) is 0 Å². The summed E-state index contributed by atoms with van der Waals surface area (Å²) < 4.78 is 50.3. The Bertz CT molecular complexity index is 709. The highest BCUT2D eigenvalue weighted by Gasteiger charge is 2.34. The minimum atomic E-state index is -5.40. The van der Waals surface area contributed by atoms with Crippen LogP contribution in [0.2, 0.25) is 0 Å². The molecule has 0 heterocycles. The fraction of sp³-hybridized carbons (Fsp3) is 0.500. The summed E-state index contributed by atoms with van der Waals surface area (Å²) in [4.78, 5) is 24.0. The quantitative estimate of drug-likeness (QED) is 0.658. The number of ether oxygens (including phenoxy) is 2. The van der Waals surface area contributed by atoms with Crippen LogP contribution >= 0.6 is 0 Å². The normalized spacial score (nSPS) is 11.9. The maximum atomic E-state index is 13.5. The lowest BCUT2D eigenvalue weighted by atomic mass is 9.71. The van der Waals surface area contributed by atoms with Gasteiger partial charge >= 0.3 is 19.0 Å². The second-order valence-corrected chi connectivity index (χ2v) is 6.73. The van der Waals surface area contributed by atoms with Crippen molar-refractivity contribution in [2.45, 2.75) is 47.1 Å². The van der Waals surface area contributed by atoms with Crippen LogP contribution in [0.1, 0.15) is 47.8 Å². The second kappa shape index (κ2) is 6.97. The van der Waals surface area contributed by atoms with Gasteiger partial charge in [0.2, 0.25) is 0 Å². The molecular formula is C16H22BF3NO4-. The number of rotatable bonds is 3. The molecule has 0 unspecified atom stereocenters. The number of nitrogens with one attached hydrogen (secondary N) is 1. The first-order chi connectivity index (χ1) is 11.2. The first kappa shape index (κ1) is 20.9. The molecule has 0 aliphatic heterocycles. The van der Waals surface area contributed by atoms with Crippen LogP contribution in [0.3, 0.4) is 0 Å². The summed E-state index contributed by atoms with van der Waals surface area (Å²) in [6, 6.07) is 0. The monoisotopic (exact) mass is 360 g/mol. The number of carbonyl (C=O) groups is 2. The molecule has 0 radical (unpaired) electrons. The zero-order valence-corrected chi connectivity index (χ0v) is 15.3. The Balaban J connectivity index is 3.62. The SMILES string of the molecule is COC(=O)c1c(C)c(NC(=O)OC(C)(C)C)c(C)c([B-](F)(F)F)c1C. The number of methoxy groups -OCH3 is 1. The van der Waals surface area contributed by atoms with Crippen LogP contribution in [0, 0.1) is 20.8 Å². The summed E-state index contributed by atoms with van der Waals surface area (Å²) >= 11 is 0. The van der Waals surface area contributed by atoms with E-state index in [-0.39, 0.29) is 27.9 Å². The number of carbonyl (C=O) groups excluding carboxylic acids is 2. The summed E-state index contributed by atoms with van der Waals surface area (Å²) in [6.45, 7) is 3.40. The average Bonchev–Trinajstić information content (AvgIpc) is 2.39. The molecule has 25 heavy (non-hydrogen) atoms. The summed E-state index contributed by atoms with van der Waals surface area (Å²) in [5.74, 6) is -0.900. The number of hydrogen-bond donors (Lipinski definition) is 1. The standard InChI is InChI=1S/C16H22BF3NO4/c1-8-11(14(22)24-7)9(2)13(10(3)12(8)17(18,19)20)21-15(23)25-16(4,5)6/h1-7H3,(H,21,23)/q-1. The van der Waals surface area contributed by atoms with E-state index in [1.165, 1.54) is 20.8 Å². The summed E-state index contributed by atoms with van der Waals surface area (Å²) in [7, 11) is 1.08. The van der Waals surface area contributed by atoms with E-state index < -0.39 is 30.1 Å². The van der Waals surface area contributed by atoms with Crippen molar-refractivity contribution >= 4 is 30.2 Å². The highest BCUT2D eigenvalue weighted by Crippen LogP contribution is 2.30. The van der Waals surface area contributed by atoms with E-state index in [2.05, 4.69) is 10.1 Å². The highest BCUT2D eigenvalue weighted by atomic mass is 19.4. The van der Waals surface area contributed by atoms with Crippen LogP contribution in [0.4, 0.5) is 23.4 Å². The molecule has 0 aliphatic carbocycles. The van der Waals surface area contributed by atoms with Gasteiger partial charge in [-0.25, -0.2) is 9.59 Å². The number of halogens is 3. The zero-order chi connectivity index (χ0) is 19.7. The third-order valence-electron chi connectivity index (χ3n) is 3.65. The van der Waals surface area contributed by atoms with Gasteiger partial charge < -0.3 is 22.4 Å². The topological polar surface area (TPSA) is 64.6 Å². The van der Waals surface area contributed by atoms with Crippen LogP contribution in [0.15, 0.2) is 0 Å². The van der Waals surface area contributed by atoms with Crippen LogP contribution in [0.5, 0.6) is 0 Å². The molecule has 0 atom stereocenters. The predicted molar refractivity (Wildman–Crippen MR) is 90.6 cm³/mol. The van der Waals surface area contributed by atoms with Gasteiger partial charge in [-0.2, -0.15) is 0 Å². The van der Waals surface area contributed by atoms with Crippen LogP contribution in [-0.2, 0) is 9.47 Å². The lowest BCUT2D eigenvalue weighted by Crippen LogP contribution is -2.41. The molecule has 0 aliphatic rings. The largest absolute Gasteiger partial charge is 0.510 e. The molecule has 1 aromatic rings. The van der Waals surface area contributed by atoms with Gasteiger partial charge in [-0.1, -0.05) is 16.6 Å². The zero-order valence-electron chi connectivity index (χ0n) is 15.3. The lowest BCUT2D eigenvalue weighted by molar-refractivity contribution is 0.0594. The number of esters is 1. The van der Waals surface area contributed by atoms with E-state index in [9.17, 15) is 22.5 Å². The van der Waals surface area contributed by atoms with Gasteiger partial charge in [0.15, 0.2) is 0 Å². The molecule has 0 fully saturated rings. The molecule has 9 heteroatoms. The first-order valence-electron chi connectivity index (χ1n) is 7.62. The van der Waals surface area contributed by atoms with E-state index in [0.717, 1.165) is 7.11 Å². The molecule has 0 saturated carbocycles. The van der Waals surface area contributed by atoms with Crippen molar-refractivity contribution in [3.05, 3.63) is 22.3 Å². The van der Waals surface area contributed by atoms with Crippen molar-refractivity contribution in [2.24, 2.45) is 0 Å². The van der Waals surface area contributed by atoms with Crippen LogP contribution in [0.25, 0.3) is 0 Å². The van der Waals surface area contributed by atoms with Gasteiger partial charge in [0.05, 0.1) is 12.7 Å². The van der Waals surface area contributed by atoms with Crippen molar-refractivity contribution in [1.82, 2.24) is 0 Å². The van der Waals surface area contributed by atoms with Gasteiger partial charge in [0.1, 0.15) is 5.60 Å². The molecular weight excluding hydrogens is 338 g/mol. The molecule has 1 N–H and O–H groups in total. The Kier molecular flexibility index (Phi) is 5.82. The summed E-state index contributed by atoms with van der Waals surface area (Å²) in [5.41, 5.74) is -2.25. The molecule has 1 aromatic carbocycles. The fourth-order valence-corrected chi connectivity index (χ4v) is 2.73. The van der Waals surface area contributed by atoms with Gasteiger partial charge in [-0.15, -0.1) is 0 Å². The maximum absolute atomic E-state index is 13.5. The summed E-state index contributed by atoms with van der Waals surface area (Å²) in [6.07, 6.45) is -0.904. The molecule has 0 saturated heterocycles. The Hall–Kier alpha value is -2.19. The number of anilines is 1. The Morgan fingerprint density at radius 3 is 1.92 bits per heavy atom. The summed E-state index contributed by atoms with van der Waals surface area (Å²) in [5, 5.41) is 2.34. The molecule has 5 nitrogen and oxygen atoms in total. The highest BCUT2D eigenvalue weighted by molar-refractivity contribution is 6.74. The second-order valence-electron chi connectivity index (χ2n) is 6.73. The van der Waals surface area contributed by atoms with Gasteiger partial charge in [-0.05, 0) is 47.1 Å². The molecule has 1 amide bonds. The number of hydrogen-bond acceptors (Lipinski definition) is 4. The Labute approximate surface area is 144 Å². The van der Waals surface area contributed by atoms with E-state index >= 15 is 0 Å². The minimum absolute atomic E-state index is 0.102. The average molecular weight is 360 g/mol. The number of amides is 1. The van der Waals surface area contributed by atoms with Crippen molar-refractivity contribution < 1.29 is 32.0 Å². The minimum Gasteiger partial charge on any atom is -0.465 e. The van der Waals surface area contributed by atoms with Crippen molar-refractivity contribution in [1.29, 1.82) is 0 Å². The molecule has 0 aromatic heterocycles. The van der Waals surface area contributed by atoms with Crippen molar-refractivity contribution in [2.75, 3.05) is 12.4 Å². The molecule has 0 spiro atoms. The van der Waals surface area contributed by atoms with Gasteiger partial charge in [0, 0.05) is 5.69 Å². The van der Waals surface area contributed by atoms with Gasteiger partial charge in [0.25, 0.3) is 0 Å².